The van der Waals surface area contributed by atoms with Gasteiger partial charge in [0.25, 0.3) is 0 Å². The standard InChI is InChI=1S/C15H18.6C11H14.C10H12/c1-3-10-5-8(1)12-7-13-9-2-4-11(6-9)15(13)14(10)12;6*1-7-2-5-10-8-3-4-9(6-8)11(7)10;1-2-9-7-4-5-8(6-7)10(9)3-1/h1-4,8-15H,5-7H2;6*2-5,7-11H,6H2,1H3;1-2,4-5,7-10H,3,6H2. The Balaban J connectivity index is 0.0000000748. The minimum Gasteiger partial charge on any atom is -0.0879 e. The number of allylic oxidation sites excluding steroid dienone is 32. The van der Waals surface area contributed by atoms with E-state index in [4.69, 9.17) is 0 Å². The lowest BCUT2D eigenvalue weighted by molar-refractivity contribution is 0.238. The lowest BCUT2D eigenvalue weighted by Gasteiger charge is -2.29. The van der Waals surface area contributed by atoms with E-state index in [1.54, 1.807) is 6.42 Å². The van der Waals surface area contributed by atoms with Crippen molar-refractivity contribution in [3.63, 3.8) is 0 Å². The first-order valence-corrected chi connectivity index (χ1v) is 39.4. The lowest BCUT2D eigenvalue weighted by atomic mass is 9.75. The normalized spacial score (nSPS) is 58.6. The Bertz CT molecular complexity index is 2870. The third-order valence-corrected chi connectivity index (χ3v) is 32.8. The van der Waals surface area contributed by atoms with Gasteiger partial charge < -0.3 is 0 Å². The zero-order valence-electron chi connectivity index (χ0n) is 56.5. The van der Waals surface area contributed by atoms with Crippen LogP contribution in [0.15, 0.2) is 194 Å². The molecule has 26 aliphatic rings. The molecule has 26 rings (SSSR count). The summed E-state index contributed by atoms with van der Waals surface area (Å²) in [5.74, 6) is 39.6. The molecule has 18 bridgehead atoms. The smallest absolute Gasteiger partial charge is 0.0131 e. The highest BCUT2D eigenvalue weighted by molar-refractivity contribution is 5.31. The minimum absolute atomic E-state index is 0.847. The third-order valence-electron chi connectivity index (χ3n) is 32.8. The van der Waals surface area contributed by atoms with Crippen LogP contribution in [0.5, 0.6) is 0 Å². The van der Waals surface area contributed by atoms with E-state index in [-0.39, 0.29) is 0 Å². The molecule has 0 aromatic carbocycles. The van der Waals surface area contributed by atoms with Gasteiger partial charge in [-0.2, -0.15) is 0 Å². The predicted octanol–water partition coefficient (Wildman–Crippen LogP) is 21.4. The van der Waals surface area contributed by atoms with Gasteiger partial charge in [0.1, 0.15) is 0 Å². The molecule has 0 aromatic heterocycles. The molecule has 42 atom stereocenters. The molecule has 10 fully saturated rings. The first kappa shape index (κ1) is 58.2. The number of hydrogen-bond donors (Lipinski definition) is 0. The van der Waals surface area contributed by atoms with Crippen molar-refractivity contribution in [2.45, 2.75) is 112 Å². The molecule has 91 heavy (non-hydrogen) atoms. The molecule has 10 saturated carbocycles. The van der Waals surface area contributed by atoms with Crippen LogP contribution < -0.4 is 0 Å². The maximum atomic E-state index is 2.56. The van der Waals surface area contributed by atoms with Gasteiger partial charge in [0, 0.05) is 0 Å². The van der Waals surface area contributed by atoms with Crippen LogP contribution in [0.1, 0.15) is 112 Å². The predicted molar refractivity (Wildman–Crippen MR) is 378 cm³/mol. The van der Waals surface area contributed by atoms with Crippen LogP contribution >= 0.6 is 0 Å². The van der Waals surface area contributed by atoms with Gasteiger partial charge in [0.05, 0.1) is 0 Å². The number of hydrogen-bond acceptors (Lipinski definition) is 0. The summed E-state index contributed by atoms with van der Waals surface area (Å²) in [6, 6.07) is 0. The van der Waals surface area contributed by atoms with Crippen molar-refractivity contribution in [1.29, 1.82) is 0 Å². The molecule has 0 N–H and O–H groups in total. The van der Waals surface area contributed by atoms with E-state index in [9.17, 15) is 0 Å². The van der Waals surface area contributed by atoms with Crippen LogP contribution in [0.25, 0.3) is 0 Å². The maximum Gasteiger partial charge on any atom is -0.0131 e. The van der Waals surface area contributed by atoms with Crippen molar-refractivity contribution in [3.05, 3.63) is 194 Å². The van der Waals surface area contributed by atoms with Crippen molar-refractivity contribution >= 4 is 0 Å². The summed E-state index contributed by atoms with van der Waals surface area (Å²) < 4.78 is 0. The molecule has 0 saturated heterocycles. The molecule has 42 unspecified atom stereocenters. The SMILES string of the molecule is C1=CC2C3C=CC(C3)C2C1.C1=CC2CC1C1CC3C4C=CC(C4)C3C21.CC1C=CC2C3C=CC(C3)C12.CC1C=CC2C3C=CC(C3)C12.CC1C=CC2C3C=CC(C3)C12.CC1C=CC2C3C=CC(C3)C12.CC1C=CC2C3C=CC(C3)C12.CC1C=CC2C3C=CC(C3)C12. The quantitative estimate of drug-likeness (QED) is 0.212. The second-order valence-electron chi connectivity index (χ2n) is 36.6. The number of fused-ring (bicyclic) bond motifs is 46. The second-order valence-corrected chi connectivity index (χ2v) is 36.6. The average molecular weight is 1210 g/mol. The highest BCUT2D eigenvalue weighted by atomic mass is 14.7. The van der Waals surface area contributed by atoms with Gasteiger partial charge in [-0.15, -0.1) is 0 Å². The molecule has 0 amide bonds. The van der Waals surface area contributed by atoms with Crippen LogP contribution in [0.3, 0.4) is 0 Å². The monoisotopic (exact) mass is 1210 g/mol. The summed E-state index contributed by atoms with van der Waals surface area (Å²) in [6.07, 6.45) is 94.6. The Morgan fingerprint density at radius 3 is 0.604 bits per heavy atom. The van der Waals surface area contributed by atoms with E-state index >= 15 is 0 Å². The van der Waals surface area contributed by atoms with E-state index < -0.39 is 0 Å². The van der Waals surface area contributed by atoms with Crippen LogP contribution in [-0.2, 0) is 0 Å². The largest absolute Gasteiger partial charge is 0.0879 e. The maximum absolute atomic E-state index is 2.56. The average Bonchev–Trinajstić information content (AvgIpc) is 1.57. The summed E-state index contributed by atoms with van der Waals surface area (Å²) in [4.78, 5) is 0. The van der Waals surface area contributed by atoms with E-state index in [1.807, 2.05) is 0 Å². The summed E-state index contributed by atoms with van der Waals surface area (Å²) in [6.45, 7) is 14.2. The van der Waals surface area contributed by atoms with E-state index in [0.29, 0.717) is 0 Å². The van der Waals surface area contributed by atoms with Crippen LogP contribution in [0.2, 0.25) is 0 Å². The van der Waals surface area contributed by atoms with E-state index in [1.165, 1.54) is 64.2 Å². The molecule has 0 radical (unpaired) electrons. The third kappa shape index (κ3) is 9.44. The van der Waals surface area contributed by atoms with Gasteiger partial charge in [0.2, 0.25) is 0 Å². The molecular weight excluding hydrogens is 1090 g/mol. The van der Waals surface area contributed by atoms with Crippen LogP contribution in [0.4, 0.5) is 0 Å². The summed E-state index contributed by atoms with van der Waals surface area (Å²) >= 11 is 0. The molecule has 478 valence electrons. The molecule has 26 aliphatic carbocycles. The first-order valence-electron chi connectivity index (χ1n) is 39.4. The van der Waals surface area contributed by atoms with Gasteiger partial charge >= 0.3 is 0 Å². The van der Waals surface area contributed by atoms with Crippen molar-refractivity contribution < 1.29 is 0 Å². The van der Waals surface area contributed by atoms with Gasteiger partial charge in [0.15, 0.2) is 0 Å². The minimum atomic E-state index is 0.847. The fourth-order valence-corrected chi connectivity index (χ4v) is 29.1. The lowest BCUT2D eigenvalue weighted by Crippen LogP contribution is -2.24. The van der Waals surface area contributed by atoms with Crippen LogP contribution in [0, 0.1) is 249 Å². The van der Waals surface area contributed by atoms with E-state index in [2.05, 4.69) is 236 Å². The fourth-order valence-electron chi connectivity index (χ4n) is 29.1. The zero-order valence-corrected chi connectivity index (χ0v) is 56.5. The Hall–Kier alpha value is -4.16. The van der Waals surface area contributed by atoms with Gasteiger partial charge in [-0.25, -0.2) is 0 Å². The summed E-state index contributed by atoms with van der Waals surface area (Å²) in [7, 11) is 0. The van der Waals surface area contributed by atoms with Crippen molar-refractivity contribution in [3.8, 4) is 0 Å². The van der Waals surface area contributed by atoms with E-state index in [0.717, 1.165) is 249 Å². The highest BCUT2D eigenvalue weighted by Gasteiger charge is 2.62. The molecule has 0 spiro atoms. The van der Waals surface area contributed by atoms with Gasteiger partial charge in [-0.1, -0.05) is 236 Å². The zero-order chi connectivity index (χ0) is 60.7. The van der Waals surface area contributed by atoms with Gasteiger partial charge in [-0.3, -0.25) is 0 Å². The molecule has 0 heterocycles. The van der Waals surface area contributed by atoms with Crippen LogP contribution in [-0.4, -0.2) is 0 Å². The summed E-state index contributed by atoms with van der Waals surface area (Å²) in [5, 5.41) is 0. The summed E-state index contributed by atoms with van der Waals surface area (Å²) in [5.41, 5.74) is 0. The molecule has 0 aliphatic heterocycles. The molecule has 0 aromatic rings. The van der Waals surface area contributed by atoms with Crippen molar-refractivity contribution in [2.75, 3.05) is 0 Å². The number of rotatable bonds is 0. The van der Waals surface area contributed by atoms with Gasteiger partial charge in [-0.05, 0) is 319 Å². The Labute approximate surface area is 551 Å². The first-order chi connectivity index (χ1) is 44.5. The van der Waals surface area contributed by atoms with Crippen molar-refractivity contribution in [2.24, 2.45) is 249 Å². The topological polar surface area (TPSA) is 0 Å². The van der Waals surface area contributed by atoms with Crippen molar-refractivity contribution in [1.82, 2.24) is 0 Å². The fraction of sp³-hybridized carbons (Fsp3) is 0.648. The highest BCUT2D eigenvalue weighted by Crippen LogP contribution is 2.68. The second kappa shape index (κ2) is 22.7. The molecular formula is C91H114. The molecule has 0 nitrogen and oxygen atoms in total. The molecule has 0 heteroatoms. The Morgan fingerprint density at radius 1 is 0.154 bits per heavy atom. The Kier molecular flexibility index (Phi) is 14.5. The Morgan fingerprint density at radius 2 is 0.352 bits per heavy atom.